The summed E-state index contributed by atoms with van der Waals surface area (Å²) in [6, 6.07) is 11.7. The van der Waals surface area contributed by atoms with Gasteiger partial charge in [-0.2, -0.15) is 0 Å². The molecule has 2 aromatic rings. The first-order valence-electron chi connectivity index (χ1n) is 11.0. The van der Waals surface area contributed by atoms with E-state index in [4.69, 9.17) is 14.9 Å². The van der Waals surface area contributed by atoms with E-state index >= 15 is 0 Å². The Balaban J connectivity index is 1.47. The maximum Gasteiger partial charge on any atom is 0.322 e. The van der Waals surface area contributed by atoms with Gasteiger partial charge in [-0.25, -0.2) is 4.79 Å². The molecule has 0 aromatic heterocycles. The quantitative estimate of drug-likeness (QED) is 0.346. The van der Waals surface area contributed by atoms with Gasteiger partial charge in [0.25, 0.3) is 11.8 Å². The molecule has 3 aliphatic rings. The van der Waals surface area contributed by atoms with Crippen LogP contribution >= 0.6 is 0 Å². The van der Waals surface area contributed by atoms with Crippen molar-refractivity contribution in [3.05, 3.63) is 64.7 Å². The lowest BCUT2D eigenvalue weighted by molar-refractivity contribution is -0.124. The Hall–Kier alpha value is -3.92. The molecule has 176 valence electrons. The minimum atomic E-state index is -1.47. The van der Waals surface area contributed by atoms with Gasteiger partial charge in [-0.3, -0.25) is 20.3 Å². The van der Waals surface area contributed by atoms with Gasteiger partial charge in [0.1, 0.15) is 11.6 Å². The summed E-state index contributed by atoms with van der Waals surface area (Å²) in [5.74, 6) is 0.125. The molecule has 34 heavy (non-hydrogen) atoms. The predicted octanol–water partition coefficient (Wildman–Crippen LogP) is 1.04. The van der Waals surface area contributed by atoms with Crippen molar-refractivity contribution in [3.8, 4) is 5.75 Å². The van der Waals surface area contributed by atoms with Crippen LogP contribution in [-0.2, 0) is 21.6 Å². The van der Waals surface area contributed by atoms with Gasteiger partial charge < -0.3 is 24.6 Å². The number of amides is 4. The minimum Gasteiger partial charge on any atom is -0.497 e. The van der Waals surface area contributed by atoms with Gasteiger partial charge in [0.05, 0.1) is 26.9 Å². The Labute approximate surface area is 196 Å². The highest BCUT2D eigenvalue weighted by Crippen LogP contribution is 2.33. The second-order valence-electron chi connectivity index (χ2n) is 8.53. The third-order valence-corrected chi connectivity index (χ3v) is 6.52. The first kappa shape index (κ1) is 21.9. The molecule has 0 unspecified atom stereocenters. The third-order valence-electron chi connectivity index (χ3n) is 6.52. The fourth-order valence-corrected chi connectivity index (χ4v) is 4.68. The molecule has 0 aliphatic carbocycles. The van der Waals surface area contributed by atoms with Crippen LogP contribution in [0.1, 0.15) is 27.0 Å². The fourth-order valence-electron chi connectivity index (χ4n) is 4.68. The molecule has 2 fully saturated rings. The second-order valence-corrected chi connectivity index (χ2v) is 8.53. The van der Waals surface area contributed by atoms with E-state index in [2.05, 4.69) is 10.6 Å². The fraction of sp³-hybridized carbons (Fsp3) is 0.333. The van der Waals surface area contributed by atoms with Crippen LogP contribution in [0.5, 0.6) is 5.75 Å². The van der Waals surface area contributed by atoms with Crippen LogP contribution in [0.2, 0.25) is 0 Å². The van der Waals surface area contributed by atoms with Gasteiger partial charge in [0, 0.05) is 30.8 Å². The predicted molar refractivity (Wildman–Crippen MR) is 122 cm³/mol. The highest BCUT2D eigenvalue weighted by Gasteiger charge is 2.50. The van der Waals surface area contributed by atoms with Crippen LogP contribution < -0.4 is 15.4 Å². The smallest absolute Gasteiger partial charge is 0.322 e. The number of fused-ring (bicyclic) bond motifs is 1. The van der Waals surface area contributed by atoms with Crippen molar-refractivity contribution in [2.75, 3.05) is 40.0 Å². The molecule has 5 rings (SSSR count). The van der Waals surface area contributed by atoms with Gasteiger partial charge in [-0.1, -0.05) is 24.3 Å². The number of urea groups is 1. The number of nitrogens with one attached hydrogen (secondary N) is 3. The largest absolute Gasteiger partial charge is 0.497 e. The highest BCUT2D eigenvalue weighted by molar-refractivity contribution is 6.08. The molecule has 3 aliphatic heterocycles. The van der Waals surface area contributed by atoms with Gasteiger partial charge in [0.15, 0.2) is 5.54 Å². The second kappa shape index (κ2) is 8.45. The number of ether oxygens (including phenoxy) is 2. The van der Waals surface area contributed by atoms with E-state index in [1.54, 1.807) is 41.3 Å². The zero-order valence-corrected chi connectivity index (χ0v) is 18.7. The Bertz CT molecular complexity index is 1190. The van der Waals surface area contributed by atoms with E-state index in [-0.39, 0.29) is 12.5 Å². The molecule has 2 aromatic carbocycles. The lowest BCUT2D eigenvalue weighted by atomic mass is 9.88. The number of rotatable bonds is 5. The highest BCUT2D eigenvalue weighted by atomic mass is 16.5. The van der Waals surface area contributed by atoms with Crippen molar-refractivity contribution in [2.45, 2.75) is 12.1 Å². The summed E-state index contributed by atoms with van der Waals surface area (Å²) in [7, 11) is 1.54. The van der Waals surface area contributed by atoms with E-state index in [0.29, 0.717) is 61.1 Å². The Morgan fingerprint density at radius 3 is 2.65 bits per heavy atom. The van der Waals surface area contributed by atoms with Crippen molar-refractivity contribution in [1.82, 2.24) is 20.4 Å². The number of methoxy groups -OCH3 is 1. The van der Waals surface area contributed by atoms with E-state index in [1.165, 1.54) is 7.11 Å². The van der Waals surface area contributed by atoms with Crippen molar-refractivity contribution in [3.63, 3.8) is 0 Å². The van der Waals surface area contributed by atoms with E-state index < -0.39 is 17.5 Å². The monoisotopic (exact) mass is 463 g/mol. The number of hydrogen-bond acceptors (Lipinski definition) is 6. The molecular formula is C24H25N5O5. The van der Waals surface area contributed by atoms with Crippen LogP contribution in [0.3, 0.4) is 0 Å². The average molecular weight is 463 g/mol. The van der Waals surface area contributed by atoms with Crippen molar-refractivity contribution < 1.29 is 23.9 Å². The van der Waals surface area contributed by atoms with Crippen molar-refractivity contribution in [1.29, 1.82) is 5.41 Å². The molecule has 10 heteroatoms. The average Bonchev–Trinajstić information content (AvgIpc) is 3.33. The summed E-state index contributed by atoms with van der Waals surface area (Å²) < 4.78 is 10.6. The number of nitrogens with zero attached hydrogens (tertiary/aromatic N) is 2. The number of imide groups is 1. The summed E-state index contributed by atoms with van der Waals surface area (Å²) in [6.07, 6.45) is 0. The maximum atomic E-state index is 13.2. The molecule has 0 spiro atoms. The Kier molecular flexibility index (Phi) is 5.45. The topological polar surface area (TPSA) is 124 Å². The lowest BCUT2D eigenvalue weighted by Crippen LogP contribution is -2.52. The van der Waals surface area contributed by atoms with Crippen LogP contribution in [0.15, 0.2) is 42.5 Å². The molecule has 3 heterocycles. The molecule has 2 saturated heterocycles. The molecule has 0 saturated carbocycles. The van der Waals surface area contributed by atoms with Gasteiger partial charge in [-0.05, 0) is 29.3 Å². The SMILES string of the molecule is COc1ccc2c(c1)C(=O)N(C[C@@]1(c3cccc(C(=N)N4CCOCC4)c3)NC(=O)NC1=O)C2. The van der Waals surface area contributed by atoms with Crippen LogP contribution in [0.4, 0.5) is 4.79 Å². The van der Waals surface area contributed by atoms with Crippen LogP contribution in [0, 0.1) is 5.41 Å². The Morgan fingerprint density at radius 1 is 1.15 bits per heavy atom. The van der Waals surface area contributed by atoms with Crippen LogP contribution in [0.25, 0.3) is 0 Å². The molecule has 3 N–H and O–H groups in total. The number of carbonyl (C=O) groups excluding carboxylic acids is 3. The summed E-state index contributed by atoms with van der Waals surface area (Å²) >= 11 is 0. The third kappa shape index (κ3) is 3.65. The summed E-state index contributed by atoms with van der Waals surface area (Å²) in [4.78, 5) is 42.0. The number of carbonyl (C=O) groups is 3. The number of benzene rings is 2. The zero-order valence-electron chi connectivity index (χ0n) is 18.7. The molecule has 0 radical (unpaired) electrons. The zero-order chi connectivity index (χ0) is 23.9. The van der Waals surface area contributed by atoms with E-state index in [1.807, 2.05) is 11.0 Å². The molecule has 4 amide bonds. The Morgan fingerprint density at radius 2 is 1.94 bits per heavy atom. The standard InChI is InChI=1S/C24H25N5O5/c1-33-18-6-5-16-13-29(21(30)19(16)12-18)14-24(22(31)26-23(32)27-24)17-4-2-3-15(11-17)20(25)28-7-9-34-10-8-28/h2-6,11-12,25H,7-10,13-14H2,1H3,(H2,26,27,31,32)/t24-/m0/s1. The number of morpholine rings is 1. The van der Waals surface area contributed by atoms with Gasteiger partial charge in [-0.15, -0.1) is 0 Å². The first-order chi connectivity index (χ1) is 16.4. The van der Waals surface area contributed by atoms with Gasteiger partial charge >= 0.3 is 6.03 Å². The summed E-state index contributed by atoms with van der Waals surface area (Å²) in [5.41, 5.74) is 0.997. The number of hydrogen-bond donors (Lipinski definition) is 3. The molecular weight excluding hydrogens is 438 g/mol. The maximum absolute atomic E-state index is 13.2. The first-order valence-corrected chi connectivity index (χ1v) is 11.0. The van der Waals surface area contributed by atoms with Crippen molar-refractivity contribution in [2.24, 2.45) is 0 Å². The lowest BCUT2D eigenvalue weighted by Gasteiger charge is -2.32. The van der Waals surface area contributed by atoms with E-state index in [9.17, 15) is 14.4 Å². The molecule has 1 atom stereocenters. The molecule has 0 bridgehead atoms. The van der Waals surface area contributed by atoms with Gasteiger partial charge in [0.2, 0.25) is 0 Å². The number of amidine groups is 1. The summed E-state index contributed by atoms with van der Waals surface area (Å²) in [5, 5.41) is 13.7. The minimum absolute atomic E-state index is 0.0469. The van der Waals surface area contributed by atoms with E-state index in [0.717, 1.165) is 5.56 Å². The molecule has 10 nitrogen and oxygen atoms in total. The van der Waals surface area contributed by atoms with Crippen LogP contribution in [-0.4, -0.2) is 73.4 Å². The van der Waals surface area contributed by atoms with Crippen molar-refractivity contribution >= 4 is 23.7 Å². The normalized spacial score (nSPS) is 21.9. The summed E-state index contributed by atoms with van der Waals surface area (Å²) in [6.45, 7) is 2.58.